The zero-order chi connectivity index (χ0) is 23.0. The van der Waals surface area contributed by atoms with Crippen molar-refractivity contribution >= 4 is 18.0 Å². The first kappa shape index (κ1) is 21.9. The van der Waals surface area contributed by atoms with Crippen LogP contribution in [0.3, 0.4) is 0 Å². The number of hydrogen-bond acceptors (Lipinski definition) is 6. The lowest BCUT2D eigenvalue weighted by Gasteiger charge is -2.07. The summed E-state index contributed by atoms with van der Waals surface area (Å²) in [4.78, 5) is 24.1. The van der Waals surface area contributed by atoms with Crippen molar-refractivity contribution in [1.29, 1.82) is 0 Å². The Morgan fingerprint density at radius 3 is 2.67 bits per heavy atom. The van der Waals surface area contributed by atoms with Gasteiger partial charge in [-0.05, 0) is 60.5 Å². The van der Waals surface area contributed by atoms with Crippen molar-refractivity contribution < 1.29 is 23.8 Å². The minimum absolute atomic E-state index is 0.129. The van der Waals surface area contributed by atoms with E-state index in [2.05, 4.69) is 21.9 Å². The van der Waals surface area contributed by atoms with Gasteiger partial charge < -0.3 is 19.5 Å². The normalized spacial score (nSPS) is 11.9. The molecule has 0 radical (unpaired) electrons. The number of amides is 2. The van der Waals surface area contributed by atoms with Crippen molar-refractivity contribution in [2.75, 3.05) is 13.3 Å². The summed E-state index contributed by atoms with van der Waals surface area (Å²) in [6.07, 6.45) is 1.52. The number of hydrogen-bond donors (Lipinski definition) is 2. The predicted octanol–water partition coefficient (Wildman–Crippen LogP) is 3.18. The first-order valence-electron chi connectivity index (χ1n) is 10.3. The average Bonchev–Trinajstić information content (AvgIpc) is 3.30. The minimum Gasteiger partial charge on any atom is -0.489 e. The molecule has 4 rings (SSSR count). The molecule has 0 saturated heterocycles. The number of nitrogens with one attached hydrogen (secondary N) is 2. The Bertz CT molecular complexity index is 1170. The molecule has 1 aliphatic heterocycles. The molecular formula is C25H23N3O5. The maximum atomic E-state index is 12.2. The van der Waals surface area contributed by atoms with Crippen LogP contribution in [0.4, 0.5) is 0 Å². The molecule has 1 heterocycles. The highest BCUT2D eigenvalue weighted by Gasteiger charge is 2.16. The molecule has 0 saturated carbocycles. The Labute approximate surface area is 191 Å². The summed E-state index contributed by atoms with van der Waals surface area (Å²) in [5.41, 5.74) is 5.85. The maximum Gasteiger partial charge on any atom is 0.259 e. The van der Waals surface area contributed by atoms with Gasteiger partial charge in [0, 0.05) is 5.56 Å². The monoisotopic (exact) mass is 445 g/mol. The summed E-state index contributed by atoms with van der Waals surface area (Å²) in [5.74, 6) is 0.990. The number of aryl methyl sites for hydroxylation is 1. The van der Waals surface area contributed by atoms with E-state index in [1.54, 1.807) is 18.2 Å². The van der Waals surface area contributed by atoms with Crippen LogP contribution in [0.2, 0.25) is 0 Å². The van der Waals surface area contributed by atoms with Crippen molar-refractivity contribution in [1.82, 2.24) is 10.7 Å². The molecule has 0 aromatic heterocycles. The van der Waals surface area contributed by atoms with Gasteiger partial charge in [-0.2, -0.15) is 5.10 Å². The molecule has 0 aliphatic carbocycles. The first-order chi connectivity index (χ1) is 16.1. The number of fused-ring (bicyclic) bond motifs is 1. The zero-order valence-electron chi connectivity index (χ0n) is 18.0. The van der Waals surface area contributed by atoms with Crippen molar-refractivity contribution in [2.45, 2.75) is 13.5 Å². The Hall–Kier alpha value is -4.33. The Morgan fingerprint density at radius 2 is 1.85 bits per heavy atom. The van der Waals surface area contributed by atoms with Gasteiger partial charge in [0.1, 0.15) is 12.4 Å². The lowest BCUT2D eigenvalue weighted by molar-refractivity contribution is -0.120. The number of carbonyl (C=O) groups excluding carboxylic acids is 2. The van der Waals surface area contributed by atoms with Crippen LogP contribution in [0.15, 0.2) is 71.8 Å². The molecule has 1 aliphatic rings. The quantitative estimate of drug-likeness (QED) is 0.410. The molecule has 0 fully saturated rings. The smallest absolute Gasteiger partial charge is 0.259 e. The topological polar surface area (TPSA) is 98.2 Å². The number of nitrogens with zero attached hydrogens (tertiary/aromatic N) is 1. The van der Waals surface area contributed by atoms with E-state index in [4.69, 9.17) is 14.2 Å². The minimum atomic E-state index is -0.446. The summed E-state index contributed by atoms with van der Waals surface area (Å²) in [6, 6.07) is 20.3. The van der Waals surface area contributed by atoms with Gasteiger partial charge in [-0.1, -0.05) is 29.8 Å². The third kappa shape index (κ3) is 6.10. The second kappa shape index (κ2) is 10.3. The fraction of sp³-hybridized carbons (Fsp3) is 0.160. The molecule has 3 aromatic carbocycles. The average molecular weight is 445 g/mol. The summed E-state index contributed by atoms with van der Waals surface area (Å²) in [7, 11) is 0. The predicted molar refractivity (Wildman–Crippen MR) is 123 cm³/mol. The zero-order valence-corrected chi connectivity index (χ0v) is 18.0. The second-order valence-corrected chi connectivity index (χ2v) is 7.39. The molecule has 33 heavy (non-hydrogen) atoms. The van der Waals surface area contributed by atoms with E-state index in [0.717, 1.165) is 16.9 Å². The van der Waals surface area contributed by atoms with Crippen LogP contribution in [0.5, 0.6) is 17.2 Å². The van der Waals surface area contributed by atoms with Gasteiger partial charge in [-0.25, -0.2) is 5.43 Å². The molecule has 2 amide bonds. The van der Waals surface area contributed by atoms with E-state index in [0.29, 0.717) is 23.7 Å². The Balaban J connectivity index is 1.20. The fourth-order valence-electron chi connectivity index (χ4n) is 3.14. The van der Waals surface area contributed by atoms with E-state index in [-0.39, 0.29) is 13.3 Å². The van der Waals surface area contributed by atoms with Crippen LogP contribution in [0.25, 0.3) is 0 Å². The van der Waals surface area contributed by atoms with Crippen molar-refractivity contribution in [2.24, 2.45) is 5.10 Å². The maximum absolute atomic E-state index is 12.2. The molecule has 3 aromatic rings. The summed E-state index contributed by atoms with van der Waals surface area (Å²) >= 11 is 0. The SMILES string of the molecule is Cc1cccc(COc2ccc(/C=N/NC(=O)CNC(=O)c3ccc4c(c3)OCO4)cc2)c1. The molecule has 0 spiro atoms. The van der Waals surface area contributed by atoms with E-state index in [1.165, 1.54) is 11.8 Å². The third-order valence-electron chi connectivity index (χ3n) is 4.82. The van der Waals surface area contributed by atoms with Crippen LogP contribution >= 0.6 is 0 Å². The number of benzene rings is 3. The van der Waals surface area contributed by atoms with E-state index in [1.807, 2.05) is 49.4 Å². The molecule has 8 heteroatoms. The largest absolute Gasteiger partial charge is 0.489 e. The summed E-state index contributed by atoms with van der Waals surface area (Å²) in [6.45, 7) is 2.45. The fourth-order valence-corrected chi connectivity index (χ4v) is 3.14. The van der Waals surface area contributed by atoms with E-state index in [9.17, 15) is 9.59 Å². The van der Waals surface area contributed by atoms with Gasteiger partial charge in [0.2, 0.25) is 6.79 Å². The second-order valence-electron chi connectivity index (χ2n) is 7.39. The van der Waals surface area contributed by atoms with Crippen LogP contribution < -0.4 is 25.0 Å². The highest BCUT2D eigenvalue weighted by atomic mass is 16.7. The Morgan fingerprint density at radius 1 is 1.03 bits per heavy atom. The highest BCUT2D eigenvalue weighted by Crippen LogP contribution is 2.32. The van der Waals surface area contributed by atoms with Crippen LogP contribution in [0.1, 0.15) is 27.0 Å². The van der Waals surface area contributed by atoms with Gasteiger partial charge in [-0.15, -0.1) is 0 Å². The number of ether oxygens (including phenoxy) is 3. The van der Waals surface area contributed by atoms with Gasteiger partial charge in [-0.3, -0.25) is 9.59 Å². The highest BCUT2D eigenvalue weighted by molar-refractivity contribution is 5.97. The lowest BCUT2D eigenvalue weighted by Crippen LogP contribution is -2.34. The summed E-state index contributed by atoms with van der Waals surface area (Å²) < 4.78 is 16.2. The molecule has 168 valence electrons. The molecular weight excluding hydrogens is 422 g/mol. The summed E-state index contributed by atoms with van der Waals surface area (Å²) in [5, 5.41) is 6.46. The van der Waals surface area contributed by atoms with Gasteiger partial charge in [0.05, 0.1) is 12.8 Å². The third-order valence-corrected chi connectivity index (χ3v) is 4.82. The van der Waals surface area contributed by atoms with E-state index < -0.39 is 11.8 Å². The van der Waals surface area contributed by atoms with Gasteiger partial charge in [0.25, 0.3) is 11.8 Å². The number of carbonyl (C=O) groups is 2. The van der Waals surface area contributed by atoms with Crippen molar-refractivity contribution in [3.8, 4) is 17.2 Å². The molecule has 0 atom stereocenters. The van der Waals surface area contributed by atoms with Crippen LogP contribution in [-0.4, -0.2) is 31.4 Å². The van der Waals surface area contributed by atoms with Crippen LogP contribution in [0, 0.1) is 6.92 Å². The standard InChI is InChI=1S/C25H23N3O5/c1-17-3-2-4-19(11-17)15-31-21-8-5-18(6-9-21)13-27-28-24(29)14-26-25(30)20-7-10-22-23(12-20)33-16-32-22/h2-13H,14-16H2,1H3,(H,26,30)(H,28,29)/b27-13+. The van der Waals surface area contributed by atoms with E-state index >= 15 is 0 Å². The number of hydrazone groups is 1. The molecule has 2 N–H and O–H groups in total. The van der Waals surface area contributed by atoms with Gasteiger partial charge in [0.15, 0.2) is 11.5 Å². The van der Waals surface area contributed by atoms with Crippen molar-refractivity contribution in [3.63, 3.8) is 0 Å². The van der Waals surface area contributed by atoms with Crippen molar-refractivity contribution in [3.05, 3.63) is 89.0 Å². The molecule has 8 nitrogen and oxygen atoms in total. The molecule has 0 bridgehead atoms. The Kier molecular flexibility index (Phi) is 6.84. The van der Waals surface area contributed by atoms with Gasteiger partial charge >= 0.3 is 0 Å². The van der Waals surface area contributed by atoms with Crippen LogP contribution in [-0.2, 0) is 11.4 Å². The molecule has 0 unspecified atom stereocenters. The first-order valence-corrected chi connectivity index (χ1v) is 10.3. The lowest BCUT2D eigenvalue weighted by atomic mass is 10.1. The number of rotatable bonds is 8.